The summed E-state index contributed by atoms with van der Waals surface area (Å²) in [6.07, 6.45) is -0.0978. The van der Waals surface area contributed by atoms with Crippen molar-refractivity contribution in [3.05, 3.63) is 172 Å². The second kappa shape index (κ2) is 21.6. The molecule has 0 saturated heterocycles. The van der Waals surface area contributed by atoms with Gasteiger partial charge in [0.2, 0.25) is 0 Å². The molecule has 0 aliphatic heterocycles. The lowest BCUT2D eigenvalue weighted by atomic mass is 9.79. The standard InChI is InChI=1S/C27H22BrF3N4O3S.C26H20BrF3N4O3S/c1-14-10-19(34-22(11-14)35-21-12-15(7-9-32-21)27(29,30)31)20-13-33-25(39-20)26(37)8-3-4-16-18(26)6-5-17(23(16)28)24(36)38-2;1-13-9-18(33-21(10-13)34-20-11-14(6-8-31-20)26(28,29)30)19-12-32-24(38-19)25(37)7-2-3-15-17(25)5-4-16(22(15)27)23(35)36/h5-7,9-13,37H,3-4,8H2,1-2H3,(H,32,34,35);4-6,8-12,37H,2-3,7H2,1H3,(H,35,36)(H,31,33,34). The predicted molar refractivity (Wildman–Crippen MR) is 284 cm³/mol. The maximum absolute atomic E-state index is 13.1. The van der Waals surface area contributed by atoms with E-state index < -0.39 is 46.6 Å². The number of aryl methyl sites for hydroxylation is 2. The van der Waals surface area contributed by atoms with Crippen molar-refractivity contribution in [2.75, 3.05) is 17.7 Å². The van der Waals surface area contributed by atoms with Crippen LogP contribution < -0.4 is 10.6 Å². The molecule has 0 saturated carbocycles. The number of benzene rings is 2. The minimum Gasteiger partial charge on any atom is -0.478 e. The highest BCUT2D eigenvalue weighted by Gasteiger charge is 2.42. The van der Waals surface area contributed by atoms with Crippen molar-refractivity contribution in [1.82, 2.24) is 29.9 Å². The number of pyridine rings is 4. The van der Waals surface area contributed by atoms with E-state index in [9.17, 15) is 51.3 Å². The van der Waals surface area contributed by atoms with E-state index in [1.54, 1.807) is 42.7 Å². The molecule has 6 heterocycles. The molecule has 0 amide bonds. The number of rotatable bonds is 10. The van der Waals surface area contributed by atoms with Crippen molar-refractivity contribution in [3.8, 4) is 21.1 Å². The third kappa shape index (κ3) is 11.5. The summed E-state index contributed by atoms with van der Waals surface area (Å²) in [4.78, 5) is 51.1. The van der Waals surface area contributed by atoms with Crippen LogP contribution in [-0.4, -0.2) is 64.3 Å². The Morgan fingerprint density at radius 2 is 1.05 bits per heavy atom. The smallest absolute Gasteiger partial charge is 0.416 e. The highest BCUT2D eigenvalue weighted by molar-refractivity contribution is 9.11. The number of aromatic carboxylic acids is 1. The van der Waals surface area contributed by atoms with Crippen molar-refractivity contribution >= 4 is 89.7 Å². The number of alkyl halides is 6. The SMILES string of the molecule is COC(=O)c1ccc2c(c1Br)CCCC2(O)c1ncc(-c2cc(C)cc(Nc3cc(C(F)(F)F)ccn3)n2)s1.Cc1cc(Nc2cc(C(F)(F)F)ccn2)nc(-c2cnc(C3(O)CCCc4c3ccc(C(=O)O)c4Br)s2)c1. The number of carboxylic acid groups (broad SMARTS) is 1. The molecule has 0 spiro atoms. The number of fused-ring (bicyclic) bond motifs is 2. The summed E-state index contributed by atoms with van der Waals surface area (Å²) < 4.78 is 84.5. The number of nitrogens with zero attached hydrogens (tertiary/aromatic N) is 6. The molecule has 8 aromatic rings. The summed E-state index contributed by atoms with van der Waals surface area (Å²) in [5.41, 5.74) is 1.69. The predicted octanol–water partition coefficient (Wildman–Crippen LogP) is 13.5. The summed E-state index contributed by atoms with van der Waals surface area (Å²) >= 11 is 9.45. The van der Waals surface area contributed by atoms with E-state index in [0.29, 0.717) is 107 Å². The van der Waals surface area contributed by atoms with Gasteiger partial charge in [0.05, 0.1) is 50.5 Å². The van der Waals surface area contributed by atoms with E-state index in [2.05, 4.69) is 72.4 Å². The number of hydrogen-bond donors (Lipinski definition) is 5. The first-order valence-electron chi connectivity index (χ1n) is 23.4. The van der Waals surface area contributed by atoms with Crippen molar-refractivity contribution in [3.63, 3.8) is 0 Å². The van der Waals surface area contributed by atoms with Crippen molar-refractivity contribution in [2.24, 2.45) is 0 Å². The largest absolute Gasteiger partial charge is 0.478 e. The van der Waals surface area contributed by atoms with Crippen LogP contribution >= 0.6 is 54.5 Å². The van der Waals surface area contributed by atoms with Gasteiger partial charge in [-0.15, -0.1) is 22.7 Å². The van der Waals surface area contributed by atoms with Gasteiger partial charge in [0, 0.05) is 33.7 Å². The molecule has 2 unspecified atom stereocenters. The quantitative estimate of drug-likeness (QED) is 0.0638. The van der Waals surface area contributed by atoms with E-state index >= 15 is 0 Å². The van der Waals surface area contributed by atoms with E-state index in [1.807, 2.05) is 26.0 Å². The van der Waals surface area contributed by atoms with Crippen LogP contribution in [0.1, 0.15) is 101 Å². The summed E-state index contributed by atoms with van der Waals surface area (Å²) in [7, 11) is 1.32. The molecular formula is C53H42Br2F6N8O6S2. The maximum atomic E-state index is 13.1. The van der Waals surface area contributed by atoms with Gasteiger partial charge in [0.1, 0.15) is 44.5 Å². The van der Waals surface area contributed by atoms with Crippen LogP contribution in [0.15, 0.2) is 107 Å². The van der Waals surface area contributed by atoms with Gasteiger partial charge in [-0.05, 0) is 178 Å². The number of aliphatic hydroxyl groups is 2. The summed E-state index contributed by atoms with van der Waals surface area (Å²) in [6, 6.07) is 17.2. The van der Waals surface area contributed by atoms with Crippen LogP contribution in [0.25, 0.3) is 21.1 Å². The zero-order valence-corrected chi connectivity index (χ0v) is 45.4. The first-order valence-corrected chi connectivity index (χ1v) is 26.6. The van der Waals surface area contributed by atoms with Gasteiger partial charge in [0.15, 0.2) is 0 Å². The number of carboxylic acids is 1. The number of ether oxygens (including phenoxy) is 1. The molecule has 2 aliphatic carbocycles. The molecule has 0 fully saturated rings. The number of methoxy groups -OCH3 is 1. The molecule has 0 radical (unpaired) electrons. The molecule has 5 N–H and O–H groups in total. The Bertz CT molecular complexity index is 3600. The fourth-order valence-electron chi connectivity index (χ4n) is 9.19. The Morgan fingerprint density at radius 1 is 0.623 bits per heavy atom. The van der Waals surface area contributed by atoms with Gasteiger partial charge in [-0.2, -0.15) is 26.3 Å². The molecule has 24 heteroatoms. The Balaban J connectivity index is 0.000000188. The number of hydrogen-bond acceptors (Lipinski definition) is 15. The van der Waals surface area contributed by atoms with Crippen LogP contribution in [-0.2, 0) is 41.1 Å². The van der Waals surface area contributed by atoms with Gasteiger partial charge >= 0.3 is 24.3 Å². The van der Waals surface area contributed by atoms with Crippen LogP contribution in [0.2, 0.25) is 0 Å². The average Bonchev–Trinajstić information content (AvgIpc) is 4.20. The lowest BCUT2D eigenvalue weighted by Crippen LogP contribution is -2.32. The molecule has 2 atom stereocenters. The number of esters is 1. The van der Waals surface area contributed by atoms with Crippen LogP contribution in [0.4, 0.5) is 49.6 Å². The number of halogens is 8. The first-order chi connectivity index (χ1) is 36.4. The van der Waals surface area contributed by atoms with Crippen molar-refractivity contribution in [2.45, 2.75) is 75.9 Å². The van der Waals surface area contributed by atoms with Gasteiger partial charge in [-0.3, -0.25) is 0 Å². The van der Waals surface area contributed by atoms with E-state index in [1.165, 1.54) is 35.8 Å². The number of aromatic nitrogens is 6. The summed E-state index contributed by atoms with van der Waals surface area (Å²) in [6.45, 7) is 3.68. The second-order valence-corrected chi connectivity index (χ2v) is 21.8. The highest BCUT2D eigenvalue weighted by atomic mass is 79.9. The second-order valence-electron chi connectivity index (χ2n) is 18.1. The van der Waals surface area contributed by atoms with Crippen LogP contribution in [0, 0.1) is 13.8 Å². The normalized spacial score (nSPS) is 17.1. The lowest BCUT2D eigenvalue weighted by Gasteiger charge is -2.33. The summed E-state index contributed by atoms with van der Waals surface area (Å²) in [5.74, 6) is -0.857. The number of anilines is 4. The average molecular weight is 1220 g/mol. The molecule has 77 heavy (non-hydrogen) atoms. The molecule has 398 valence electrons. The van der Waals surface area contributed by atoms with Crippen LogP contribution in [0.3, 0.4) is 0 Å². The Hall–Kier alpha value is -6.70. The summed E-state index contributed by atoms with van der Waals surface area (Å²) in [5, 5.41) is 39.7. The lowest BCUT2D eigenvalue weighted by molar-refractivity contribution is -0.138. The Morgan fingerprint density at radius 3 is 1.47 bits per heavy atom. The first kappa shape index (κ1) is 55.1. The molecule has 2 aliphatic rings. The third-order valence-corrected chi connectivity index (χ3v) is 16.9. The fourth-order valence-corrected chi connectivity index (χ4v) is 12.6. The van der Waals surface area contributed by atoms with Crippen molar-refractivity contribution in [1.29, 1.82) is 0 Å². The zero-order chi connectivity index (χ0) is 55.2. The Labute approximate surface area is 460 Å². The van der Waals surface area contributed by atoms with E-state index in [-0.39, 0.29) is 17.2 Å². The monoisotopic (exact) mass is 1220 g/mol. The zero-order valence-electron chi connectivity index (χ0n) is 40.6. The van der Waals surface area contributed by atoms with Gasteiger partial charge in [0.25, 0.3) is 0 Å². The molecule has 10 rings (SSSR count). The number of carbonyl (C=O) groups excluding carboxylic acids is 1. The van der Waals surface area contributed by atoms with E-state index in [4.69, 9.17) is 4.74 Å². The minimum atomic E-state index is -4.49. The highest BCUT2D eigenvalue weighted by Crippen LogP contribution is 2.48. The molecular weight excluding hydrogens is 1180 g/mol. The topological polar surface area (TPSA) is 205 Å². The minimum absolute atomic E-state index is 0.00768. The van der Waals surface area contributed by atoms with Gasteiger partial charge in [-0.25, -0.2) is 39.5 Å². The van der Waals surface area contributed by atoms with Gasteiger partial charge in [-0.1, -0.05) is 12.1 Å². The molecule has 6 aromatic heterocycles. The van der Waals surface area contributed by atoms with Gasteiger partial charge < -0.3 is 30.7 Å². The van der Waals surface area contributed by atoms with Crippen molar-refractivity contribution < 1.29 is 56.0 Å². The number of nitrogens with one attached hydrogen (secondary N) is 2. The molecule has 0 bridgehead atoms. The molecule has 14 nitrogen and oxygen atoms in total. The maximum Gasteiger partial charge on any atom is 0.416 e. The fraction of sp³-hybridized carbons (Fsp3) is 0.245. The number of thiazole rings is 2. The number of carbonyl (C=O) groups is 2. The van der Waals surface area contributed by atoms with E-state index in [0.717, 1.165) is 58.9 Å². The van der Waals surface area contributed by atoms with Crippen LogP contribution in [0.5, 0.6) is 0 Å². The Kier molecular flexibility index (Phi) is 15.5. The molecule has 2 aromatic carbocycles. The third-order valence-electron chi connectivity index (χ3n) is 12.8.